The topological polar surface area (TPSA) is 112 Å². The van der Waals surface area contributed by atoms with Gasteiger partial charge in [0.15, 0.2) is 21.3 Å². The van der Waals surface area contributed by atoms with Crippen LogP contribution in [0.25, 0.3) is 21.7 Å². The molecule has 1 spiro atoms. The van der Waals surface area contributed by atoms with E-state index < -0.39 is 9.84 Å². The van der Waals surface area contributed by atoms with Gasteiger partial charge in [-0.2, -0.15) is 0 Å². The first-order chi connectivity index (χ1) is 21.2. The number of methoxy groups -OCH3 is 1. The van der Waals surface area contributed by atoms with Gasteiger partial charge in [-0.15, -0.1) is 11.6 Å². The number of phenols is 1. The number of ether oxygens (including phenoxy) is 2. The fourth-order valence-electron chi connectivity index (χ4n) is 7.33. The molecule has 0 aliphatic carbocycles. The molecule has 0 radical (unpaired) electrons. The van der Waals surface area contributed by atoms with Crippen molar-refractivity contribution in [1.29, 1.82) is 0 Å². The molecule has 1 amide bonds. The van der Waals surface area contributed by atoms with Crippen LogP contribution < -0.4 is 14.4 Å². The van der Waals surface area contributed by atoms with Crippen LogP contribution >= 0.6 is 11.6 Å². The van der Waals surface area contributed by atoms with Crippen molar-refractivity contribution in [2.75, 3.05) is 62.2 Å². The van der Waals surface area contributed by atoms with E-state index in [9.17, 15) is 18.3 Å². The van der Waals surface area contributed by atoms with Crippen LogP contribution in [0.5, 0.6) is 17.2 Å². The van der Waals surface area contributed by atoms with Gasteiger partial charge in [0.1, 0.15) is 18.1 Å². The number of anilines is 1. The molecule has 9 nitrogen and oxygen atoms in total. The number of halogens is 1. The van der Waals surface area contributed by atoms with Gasteiger partial charge in [-0.25, -0.2) is 8.42 Å². The lowest BCUT2D eigenvalue weighted by Crippen LogP contribution is -2.42. The number of piperidine rings is 1. The van der Waals surface area contributed by atoms with Crippen LogP contribution in [-0.4, -0.2) is 86.6 Å². The van der Waals surface area contributed by atoms with Gasteiger partial charge in [-0.1, -0.05) is 24.3 Å². The van der Waals surface area contributed by atoms with Gasteiger partial charge < -0.3 is 24.5 Å². The maximum atomic E-state index is 13.9. The summed E-state index contributed by atoms with van der Waals surface area (Å²) in [7, 11) is -1.29. The van der Waals surface area contributed by atoms with Crippen molar-refractivity contribution in [3.63, 3.8) is 0 Å². The molecule has 0 saturated carbocycles. The predicted octanol–water partition coefficient (Wildman–Crippen LogP) is 5.30. The average molecular weight is 638 g/mol. The highest BCUT2D eigenvalue weighted by Crippen LogP contribution is 2.46. The second-order valence-corrected chi connectivity index (χ2v) is 14.9. The summed E-state index contributed by atoms with van der Waals surface area (Å²) in [4.78, 5) is 21.1. The Labute approximate surface area is 261 Å². The maximum absolute atomic E-state index is 13.9. The SMILES string of the molecule is COc1cc2[nH]c(C(=O)N3C[C@@H](CCl)c4c3cc(O)c3ccccc43)cc2cc1OCCN1CCC2(CC1)CCS(=O)(=O)C2. The number of rotatable bonds is 7. The molecule has 0 unspecified atom stereocenters. The molecule has 44 heavy (non-hydrogen) atoms. The third kappa shape index (κ3) is 5.16. The number of carbonyl (C=O) groups is 1. The van der Waals surface area contributed by atoms with Crippen LogP contribution in [0.2, 0.25) is 0 Å². The fourth-order valence-corrected chi connectivity index (χ4v) is 9.84. The Bertz CT molecular complexity index is 1860. The number of sulfone groups is 1. The Hall–Kier alpha value is -3.47. The third-order valence-electron chi connectivity index (χ3n) is 9.76. The number of nitrogens with zero attached hydrogens (tertiary/aromatic N) is 2. The summed E-state index contributed by atoms with van der Waals surface area (Å²) < 4.78 is 35.8. The quantitative estimate of drug-likeness (QED) is 0.265. The van der Waals surface area contributed by atoms with E-state index in [1.54, 1.807) is 18.1 Å². The minimum atomic E-state index is -2.88. The Morgan fingerprint density at radius 1 is 1.09 bits per heavy atom. The minimum absolute atomic E-state index is 0.0376. The molecule has 11 heteroatoms. The summed E-state index contributed by atoms with van der Waals surface area (Å²) in [5.74, 6) is 2.05. The summed E-state index contributed by atoms with van der Waals surface area (Å²) in [5.41, 5.74) is 2.79. The summed E-state index contributed by atoms with van der Waals surface area (Å²) in [6.45, 7) is 3.36. The maximum Gasteiger partial charge on any atom is 0.274 e. The molecular weight excluding hydrogens is 602 g/mol. The zero-order valence-electron chi connectivity index (χ0n) is 24.6. The second kappa shape index (κ2) is 11.2. The van der Waals surface area contributed by atoms with Crippen LogP contribution in [-0.2, 0) is 9.84 Å². The van der Waals surface area contributed by atoms with Crippen molar-refractivity contribution < 1.29 is 27.8 Å². The van der Waals surface area contributed by atoms with E-state index in [1.165, 1.54) is 0 Å². The van der Waals surface area contributed by atoms with Crippen molar-refractivity contribution in [3.8, 4) is 17.2 Å². The van der Waals surface area contributed by atoms with Gasteiger partial charge >= 0.3 is 0 Å². The molecule has 3 aromatic carbocycles. The summed E-state index contributed by atoms with van der Waals surface area (Å²) >= 11 is 6.38. The van der Waals surface area contributed by atoms with Gasteiger partial charge in [0.25, 0.3) is 5.91 Å². The van der Waals surface area contributed by atoms with Crippen molar-refractivity contribution in [3.05, 3.63) is 59.8 Å². The fraction of sp³-hybridized carbons (Fsp3) is 0.424. The molecule has 0 bridgehead atoms. The van der Waals surface area contributed by atoms with E-state index in [1.807, 2.05) is 42.5 Å². The van der Waals surface area contributed by atoms with Crippen LogP contribution in [0.4, 0.5) is 5.69 Å². The molecule has 4 aromatic rings. The minimum Gasteiger partial charge on any atom is -0.507 e. The second-order valence-electron chi connectivity index (χ2n) is 12.4. The zero-order chi connectivity index (χ0) is 30.6. The Morgan fingerprint density at radius 2 is 1.86 bits per heavy atom. The number of fused-ring (bicyclic) bond motifs is 4. The van der Waals surface area contributed by atoms with Gasteiger partial charge in [-0.05, 0) is 60.8 Å². The number of aromatic nitrogens is 1. The number of hydrogen-bond donors (Lipinski definition) is 2. The number of aromatic amines is 1. The zero-order valence-corrected chi connectivity index (χ0v) is 26.2. The van der Waals surface area contributed by atoms with E-state index >= 15 is 0 Å². The van der Waals surface area contributed by atoms with Crippen LogP contribution in [0.3, 0.4) is 0 Å². The number of likely N-dealkylation sites (tertiary alicyclic amines) is 1. The molecule has 1 atom stereocenters. The number of alkyl halides is 1. The molecule has 3 aliphatic heterocycles. The first-order valence-corrected chi connectivity index (χ1v) is 17.4. The Balaban J connectivity index is 1.07. The number of phenolic OH excluding ortho intramolecular Hbond substituents is 1. The molecule has 2 N–H and O–H groups in total. The lowest BCUT2D eigenvalue weighted by Gasteiger charge is -2.38. The predicted molar refractivity (Wildman–Crippen MR) is 172 cm³/mol. The van der Waals surface area contributed by atoms with Crippen LogP contribution in [0.1, 0.15) is 41.2 Å². The van der Waals surface area contributed by atoms with E-state index in [4.69, 9.17) is 21.1 Å². The lowest BCUT2D eigenvalue weighted by atomic mass is 9.78. The number of benzene rings is 3. The summed E-state index contributed by atoms with van der Waals surface area (Å²) in [6, 6.07) is 14.8. The van der Waals surface area contributed by atoms with E-state index in [0.717, 1.165) is 66.1 Å². The molecule has 2 saturated heterocycles. The van der Waals surface area contributed by atoms with Gasteiger partial charge in [0.05, 0.1) is 24.3 Å². The molecule has 1 aromatic heterocycles. The molecule has 7 rings (SSSR count). The van der Waals surface area contributed by atoms with Crippen molar-refractivity contribution in [2.24, 2.45) is 5.41 Å². The van der Waals surface area contributed by atoms with Crippen LogP contribution in [0, 0.1) is 5.41 Å². The first kappa shape index (κ1) is 29.3. The first-order valence-electron chi connectivity index (χ1n) is 15.1. The number of nitrogens with one attached hydrogen (secondary N) is 1. The standard InChI is InChI=1S/C33H36ClN3O6S/c1-42-29-16-25-21(15-30(29)43-12-11-36-9-6-33(7-10-36)8-13-44(40,41)20-33)14-26(35-25)32(39)37-19-22(18-34)31-24-5-3-2-4-23(24)28(38)17-27(31)37/h2-5,14-17,22,35,38H,6-13,18-20H2,1H3/t22-/m1/s1. The summed E-state index contributed by atoms with van der Waals surface area (Å²) in [5, 5.41) is 13.2. The summed E-state index contributed by atoms with van der Waals surface area (Å²) in [6.07, 6.45) is 2.60. The largest absolute Gasteiger partial charge is 0.507 e. The molecular formula is C33H36ClN3O6S. The normalized spacial score (nSPS) is 20.9. The van der Waals surface area contributed by atoms with E-state index in [2.05, 4.69) is 9.88 Å². The number of carbonyl (C=O) groups excluding carboxylic acids is 1. The highest BCUT2D eigenvalue weighted by molar-refractivity contribution is 7.91. The van der Waals surface area contributed by atoms with Crippen molar-refractivity contribution in [2.45, 2.75) is 25.2 Å². The molecule has 4 heterocycles. The molecule has 3 aliphatic rings. The highest BCUT2D eigenvalue weighted by atomic mass is 35.5. The Morgan fingerprint density at radius 3 is 2.57 bits per heavy atom. The van der Waals surface area contributed by atoms with Gasteiger partial charge in [0.2, 0.25) is 0 Å². The molecule has 2 fully saturated rings. The van der Waals surface area contributed by atoms with E-state index in [-0.39, 0.29) is 23.0 Å². The monoisotopic (exact) mass is 637 g/mol. The number of aromatic hydroxyl groups is 1. The van der Waals surface area contributed by atoms with Gasteiger partial charge in [-0.3, -0.25) is 9.69 Å². The Kier molecular flexibility index (Phi) is 7.42. The lowest BCUT2D eigenvalue weighted by molar-refractivity contribution is 0.0984. The smallest absolute Gasteiger partial charge is 0.274 e. The highest BCUT2D eigenvalue weighted by Gasteiger charge is 2.43. The van der Waals surface area contributed by atoms with Gasteiger partial charge in [0, 0.05) is 53.3 Å². The average Bonchev–Trinajstić information content (AvgIpc) is 3.70. The van der Waals surface area contributed by atoms with Crippen LogP contribution in [0.15, 0.2) is 48.5 Å². The molecule has 232 valence electrons. The van der Waals surface area contributed by atoms with E-state index in [0.29, 0.717) is 53.4 Å². The number of hydrogen-bond acceptors (Lipinski definition) is 7. The number of amides is 1. The number of H-pyrrole nitrogens is 1. The van der Waals surface area contributed by atoms with Crippen molar-refractivity contribution >= 4 is 54.7 Å². The van der Waals surface area contributed by atoms with Crippen molar-refractivity contribution in [1.82, 2.24) is 9.88 Å². The third-order valence-corrected chi connectivity index (χ3v) is 12.0.